The van der Waals surface area contributed by atoms with E-state index in [1.807, 2.05) is 6.07 Å². The molecule has 1 aromatic carbocycles. The van der Waals surface area contributed by atoms with Gasteiger partial charge in [-0.25, -0.2) is 4.68 Å². The van der Waals surface area contributed by atoms with Crippen LogP contribution in [0.3, 0.4) is 0 Å². The summed E-state index contributed by atoms with van der Waals surface area (Å²) in [6.07, 6.45) is 1.90. The Kier molecular flexibility index (Phi) is 6.66. The van der Waals surface area contributed by atoms with Crippen LogP contribution in [0.1, 0.15) is 23.7 Å². The van der Waals surface area contributed by atoms with Gasteiger partial charge in [0.25, 0.3) is 0 Å². The van der Waals surface area contributed by atoms with E-state index in [0.717, 1.165) is 5.56 Å². The third kappa shape index (κ3) is 6.23. The van der Waals surface area contributed by atoms with Crippen LogP contribution < -0.4 is 16.8 Å². The fraction of sp³-hybridized carbons (Fsp3) is 0.312. The minimum Gasteiger partial charge on any atom is -0.481 e. The summed E-state index contributed by atoms with van der Waals surface area (Å²) >= 11 is 0. The first kappa shape index (κ1) is 18.9. The predicted molar refractivity (Wildman–Crippen MR) is 94.0 cm³/mol. The van der Waals surface area contributed by atoms with E-state index in [9.17, 15) is 9.59 Å². The average molecular weight is 359 g/mol. The van der Waals surface area contributed by atoms with E-state index in [0.29, 0.717) is 18.7 Å². The lowest BCUT2D eigenvalue weighted by molar-refractivity contribution is -0.137. The molecular formula is C16H21N7O3. The molecule has 2 aromatic rings. The Balaban J connectivity index is 1.94. The fourth-order valence-corrected chi connectivity index (χ4v) is 2.33. The number of amides is 1. The van der Waals surface area contributed by atoms with Crippen molar-refractivity contribution in [2.75, 3.05) is 6.54 Å². The largest absolute Gasteiger partial charge is 0.481 e. The summed E-state index contributed by atoms with van der Waals surface area (Å²) in [7, 11) is 0. The van der Waals surface area contributed by atoms with Crippen LogP contribution in [0.5, 0.6) is 0 Å². The molecule has 138 valence electrons. The molecule has 1 atom stereocenters. The van der Waals surface area contributed by atoms with Crippen LogP contribution in [0.25, 0.3) is 0 Å². The molecule has 10 heteroatoms. The molecule has 0 unspecified atom stereocenters. The number of nitrogens with two attached hydrogens (primary N) is 2. The molecule has 0 spiro atoms. The van der Waals surface area contributed by atoms with Gasteiger partial charge in [0.15, 0.2) is 5.96 Å². The van der Waals surface area contributed by atoms with Crippen molar-refractivity contribution in [3.63, 3.8) is 0 Å². The number of nitrogens with one attached hydrogen (secondary N) is 1. The number of aliphatic carboxylic acids is 1. The Morgan fingerprint density at radius 1 is 1.27 bits per heavy atom. The summed E-state index contributed by atoms with van der Waals surface area (Å²) in [4.78, 5) is 27.2. The van der Waals surface area contributed by atoms with Crippen molar-refractivity contribution in [2.24, 2.45) is 16.5 Å². The van der Waals surface area contributed by atoms with Gasteiger partial charge < -0.3 is 21.9 Å². The summed E-state index contributed by atoms with van der Waals surface area (Å²) in [5.74, 6) is -1.36. The van der Waals surface area contributed by atoms with Crippen molar-refractivity contribution in [3.8, 4) is 0 Å². The number of carbonyl (C=O) groups excluding carboxylic acids is 1. The van der Waals surface area contributed by atoms with Gasteiger partial charge in [0.1, 0.15) is 6.54 Å². The third-order valence-electron chi connectivity index (χ3n) is 3.47. The predicted octanol–water partition coefficient (Wildman–Crippen LogP) is -0.574. The molecule has 0 aliphatic rings. The van der Waals surface area contributed by atoms with Gasteiger partial charge in [-0.3, -0.25) is 14.6 Å². The summed E-state index contributed by atoms with van der Waals surface area (Å²) < 4.78 is 1.38. The maximum atomic E-state index is 12.2. The number of rotatable bonds is 9. The minimum atomic E-state index is -0.998. The molecule has 0 saturated heterocycles. The number of carbonyl (C=O) groups is 2. The van der Waals surface area contributed by atoms with E-state index in [1.165, 1.54) is 4.68 Å². The van der Waals surface area contributed by atoms with Crippen molar-refractivity contribution in [3.05, 3.63) is 47.8 Å². The summed E-state index contributed by atoms with van der Waals surface area (Å²) in [5, 5.41) is 19.6. The second-order valence-corrected chi connectivity index (χ2v) is 5.59. The number of benzene rings is 1. The zero-order chi connectivity index (χ0) is 18.9. The Hall–Kier alpha value is -3.43. The quantitative estimate of drug-likeness (QED) is 0.344. The van der Waals surface area contributed by atoms with Crippen molar-refractivity contribution in [1.82, 2.24) is 20.3 Å². The molecule has 10 nitrogen and oxygen atoms in total. The molecule has 0 bridgehead atoms. The molecule has 1 heterocycles. The van der Waals surface area contributed by atoms with Crippen LogP contribution in [0.2, 0.25) is 0 Å². The van der Waals surface area contributed by atoms with Gasteiger partial charge in [-0.05, 0) is 5.56 Å². The average Bonchev–Trinajstić information content (AvgIpc) is 3.01. The maximum Gasteiger partial charge on any atom is 0.305 e. The van der Waals surface area contributed by atoms with Crippen molar-refractivity contribution >= 4 is 17.8 Å². The zero-order valence-corrected chi connectivity index (χ0v) is 14.1. The van der Waals surface area contributed by atoms with E-state index in [4.69, 9.17) is 16.6 Å². The molecule has 0 aliphatic carbocycles. The van der Waals surface area contributed by atoms with Crippen molar-refractivity contribution < 1.29 is 14.7 Å². The van der Waals surface area contributed by atoms with Gasteiger partial charge in [0.2, 0.25) is 5.91 Å². The van der Waals surface area contributed by atoms with Crippen LogP contribution >= 0.6 is 0 Å². The van der Waals surface area contributed by atoms with Crippen LogP contribution in [-0.4, -0.2) is 44.5 Å². The van der Waals surface area contributed by atoms with Crippen LogP contribution in [-0.2, 0) is 22.6 Å². The van der Waals surface area contributed by atoms with Crippen LogP contribution in [0, 0.1) is 0 Å². The topological polar surface area (TPSA) is 162 Å². The molecule has 1 aromatic heterocycles. The van der Waals surface area contributed by atoms with Crippen molar-refractivity contribution in [2.45, 2.75) is 25.4 Å². The number of hydrogen-bond acceptors (Lipinski definition) is 5. The lowest BCUT2D eigenvalue weighted by Gasteiger charge is -2.17. The molecule has 26 heavy (non-hydrogen) atoms. The maximum absolute atomic E-state index is 12.2. The highest BCUT2D eigenvalue weighted by Gasteiger charge is 2.18. The number of guanidine groups is 1. The standard InChI is InChI=1S/C16H21N7O3/c17-16(18)19-7-6-12-9-23(22-21-12)10-14(24)20-13(8-15(25)26)11-4-2-1-3-5-11/h1-5,9,13H,6-8,10H2,(H,20,24)(H,25,26)(H4,17,18,19)/t13-/m1/s1. The first-order valence-electron chi connectivity index (χ1n) is 7.94. The summed E-state index contributed by atoms with van der Waals surface area (Å²) in [6, 6.07) is 8.32. The van der Waals surface area contributed by atoms with E-state index in [-0.39, 0.29) is 24.8 Å². The van der Waals surface area contributed by atoms with Crippen molar-refractivity contribution in [1.29, 1.82) is 0 Å². The molecule has 1 amide bonds. The second kappa shape index (κ2) is 9.16. The number of hydrogen-bond donors (Lipinski definition) is 4. The van der Waals surface area contributed by atoms with Gasteiger partial charge in [-0.15, -0.1) is 5.10 Å². The highest BCUT2D eigenvalue weighted by molar-refractivity contribution is 5.77. The Bertz CT molecular complexity index is 769. The van der Waals surface area contributed by atoms with E-state index in [1.54, 1.807) is 30.5 Å². The van der Waals surface area contributed by atoms with E-state index in [2.05, 4.69) is 20.6 Å². The van der Waals surface area contributed by atoms with Gasteiger partial charge in [-0.1, -0.05) is 35.5 Å². The Morgan fingerprint density at radius 2 is 2.00 bits per heavy atom. The Morgan fingerprint density at radius 3 is 2.65 bits per heavy atom. The lowest BCUT2D eigenvalue weighted by atomic mass is 10.0. The third-order valence-corrected chi connectivity index (χ3v) is 3.47. The molecule has 0 saturated carbocycles. The monoisotopic (exact) mass is 359 g/mol. The van der Waals surface area contributed by atoms with E-state index >= 15 is 0 Å². The second-order valence-electron chi connectivity index (χ2n) is 5.59. The summed E-state index contributed by atoms with van der Waals surface area (Å²) in [6.45, 7) is 0.306. The minimum absolute atomic E-state index is 0.00199. The lowest BCUT2D eigenvalue weighted by Crippen LogP contribution is -2.33. The van der Waals surface area contributed by atoms with Crippen LogP contribution in [0.4, 0.5) is 0 Å². The highest BCUT2D eigenvalue weighted by atomic mass is 16.4. The number of aromatic nitrogens is 3. The molecule has 0 fully saturated rings. The smallest absolute Gasteiger partial charge is 0.305 e. The first-order chi connectivity index (χ1) is 12.4. The van der Waals surface area contributed by atoms with Gasteiger partial charge in [0, 0.05) is 19.2 Å². The Labute approximate surface area is 149 Å². The van der Waals surface area contributed by atoms with Gasteiger partial charge >= 0.3 is 5.97 Å². The number of aliphatic imine (C=N–C) groups is 1. The number of carboxylic acids is 1. The molecule has 0 aliphatic heterocycles. The van der Waals surface area contributed by atoms with E-state index < -0.39 is 12.0 Å². The number of nitrogens with zero attached hydrogens (tertiary/aromatic N) is 4. The van der Waals surface area contributed by atoms with Crippen LogP contribution in [0.15, 0.2) is 41.5 Å². The molecule has 0 radical (unpaired) electrons. The zero-order valence-electron chi connectivity index (χ0n) is 14.1. The van der Waals surface area contributed by atoms with Gasteiger partial charge in [0.05, 0.1) is 18.2 Å². The summed E-state index contributed by atoms with van der Waals surface area (Å²) in [5.41, 5.74) is 11.9. The molecular weight excluding hydrogens is 338 g/mol. The highest BCUT2D eigenvalue weighted by Crippen LogP contribution is 2.16. The number of carboxylic acid groups (broad SMARTS) is 1. The first-order valence-corrected chi connectivity index (χ1v) is 7.94. The normalized spacial score (nSPS) is 11.5. The van der Waals surface area contributed by atoms with Gasteiger partial charge in [-0.2, -0.15) is 0 Å². The molecule has 2 rings (SSSR count). The SMILES string of the molecule is NC(N)=NCCc1cn(CC(=O)N[C@H](CC(=O)O)c2ccccc2)nn1. The fourth-order valence-electron chi connectivity index (χ4n) is 2.33. The molecule has 6 N–H and O–H groups in total.